The topological polar surface area (TPSA) is 89.9 Å². The predicted molar refractivity (Wildman–Crippen MR) is 51.8 cm³/mol. The molecule has 0 unspecified atom stereocenters. The van der Waals surface area contributed by atoms with E-state index in [9.17, 15) is 0 Å². The van der Waals surface area contributed by atoms with Gasteiger partial charge in [0.25, 0.3) is 0 Å². The summed E-state index contributed by atoms with van der Waals surface area (Å²) in [5.41, 5.74) is 0.281. The van der Waals surface area contributed by atoms with Gasteiger partial charge in [0.2, 0.25) is 5.17 Å². The molecule has 0 aromatic heterocycles. The zero-order valence-corrected chi connectivity index (χ0v) is 7.89. The third-order valence-electron chi connectivity index (χ3n) is 1.02. The Kier molecular flexibility index (Phi) is 5.45. The fourth-order valence-corrected chi connectivity index (χ4v) is 0.562. The Balaban J connectivity index is 4.59. The van der Waals surface area contributed by atoms with Gasteiger partial charge in [-0.25, -0.2) is 4.99 Å². The van der Waals surface area contributed by atoms with Crippen molar-refractivity contribution < 1.29 is 10.4 Å². The molecule has 72 valence electrons. The zero-order valence-electron chi connectivity index (χ0n) is 7.14. The highest BCUT2D eigenvalue weighted by Crippen LogP contribution is 1.91. The van der Waals surface area contributed by atoms with Crippen LogP contribution in [0.5, 0.6) is 0 Å². The van der Waals surface area contributed by atoms with Crippen molar-refractivity contribution in [1.82, 2.24) is 0 Å². The quantitative estimate of drug-likeness (QED) is 0.304. The number of aliphatic imine (C=N–C) groups is 2. The summed E-state index contributed by atoms with van der Waals surface area (Å²) < 4.78 is 0. The van der Waals surface area contributed by atoms with E-state index < -0.39 is 0 Å². The van der Waals surface area contributed by atoms with Crippen molar-refractivity contribution in [3.05, 3.63) is 0 Å². The highest BCUT2D eigenvalue weighted by Gasteiger charge is 2.02. The van der Waals surface area contributed by atoms with E-state index in [1.807, 2.05) is 0 Å². The summed E-state index contributed by atoms with van der Waals surface area (Å²) in [7, 11) is 1.44. The van der Waals surface area contributed by atoms with Gasteiger partial charge in [-0.3, -0.25) is 4.99 Å². The molecular formula is C6H9ClN4O2. The SMILES string of the molecule is CN=C(N=CC(C)=NO)/C(Cl)=N/O. The Morgan fingerprint density at radius 2 is 1.92 bits per heavy atom. The lowest BCUT2D eigenvalue weighted by atomic mass is 10.5. The van der Waals surface area contributed by atoms with E-state index in [0.717, 1.165) is 0 Å². The van der Waals surface area contributed by atoms with Gasteiger partial charge >= 0.3 is 0 Å². The van der Waals surface area contributed by atoms with Crippen molar-refractivity contribution in [1.29, 1.82) is 0 Å². The fraction of sp³-hybridized carbons (Fsp3) is 0.333. The van der Waals surface area contributed by atoms with Crippen molar-refractivity contribution in [2.24, 2.45) is 20.3 Å². The van der Waals surface area contributed by atoms with Crippen LogP contribution in [-0.2, 0) is 0 Å². The minimum Gasteiger partial charge on any atom is -0.411 e. The van der Waals surface area contributed by atoms with Crippen molar-refractivity contribution in [2.45, 2.75) is 6.92 Å². The van der Waals surface area contributed by atoms with E-state index in [-0.39, 0.29) is 16.7 Å². The van der Waals surface area contributed by atoms with Crippen LogP contribution in [0.15, 0.2) is 20.3 Å². The Labute approximate surface area is 79.9 Å². The van der Waals surface area contributed by atoms with E-state index in [1.165, 1.54) is 20.2 Å². The van der Waals surface area contributed by atoms with Crippen LogP contribution >= 0.6 is 11.6 Å². The lowest BCUT2D eigenvalue weighted by Gasteiger charge is -1.92. The summed E-state index contributed by atoms with van der Waals surface area (Å²) >= 11 is 5.41. The standard InChI is InChI=1S/C6H9ClN4O2/c1-4(10-12)3-9-6(8-2)5(7)11-13/h3,12-13H,1-2H3/b8-6?,9-3?,10-4?,11-5-. The molecule has 0 radical (unpaired) electrons. The smallest absolute Gasteiger partial charge is 0.212 e. The minimum atomic E-state index is -0.232. The number of oxime groups is 2. The normalized spacial score (nSPS) is 15.5. The van der Waals surface area contributed by atoms with Gasteiger partial charge in [0, 0.05) is 7.05 Å². The van der Waals surface area contributed by atoms with E-state index in [1.54, 1.807) is 0 Å². The maximum Gasteiger partial charge on any atom is 0.212 e. The average molecular weight is 205 g/mol. The summed E-state index contributed by atoms with van der Waals surface area (Å²) in [4.78, 5) is 7.32. The molecular weight excluding hydrogens is 196 g/mol. The van der Waals surface area contributed by atoms with Gasteiger partial charge in [-0.2, -0.15) is 0 Å². The molecule has 0 rings (SSSR count). The van der Waals surface area contributed by atoms with Crippen LogP contribution in [0.2, 0.25) is 0 Å². The third kappa shape index (κ3) is 4.22. The van der Waals surface area contributed by atoms with Crippen molar-refractivity contribution in [3.63, 3.8) is 0 Å². The molecule has 7 heteroatoms. The Bertz CT molecular complexity index is 282. The minimum absolute atomic E-state index is 0.0483. The van der Waals surface area contributed by atoms with Gasteiger partial charge in [-0.1, -0.05) is 21.9 Å². The van der Waals surface area contributed by atoms with Gasteiger partial charge in [-0.05, 0) is 6.92 Å². The number of hydrogen-bond donors (Lipinski definition) is 2. The molecule has 0 atom stereocenters. The summed E-state index contributed by atoms with van der Waals surface area (Å²) in [5, 5.41) is 21.9. The van der Waals surface area contributed by atoms with Crippen LogP contribution in [0.25, 0.3) is 0 Å². The predicted octanol–water partition coefficient (Wildman–Crippen LogP) is 0.962. The number of nitrogens with zero attached hydrogens (tertiary/aromatic N) is 4. The van der Waals surface area contributed by atoms with Crippen LogP contribution < -0.4 is 0 Å². The van der Waals surface area contributed by atoms with Crippen LogP contribution in [0.1, 0.15) is 6.92 Å². The van der Waals surface area contributed by atoms with Crippen LogP contribution in [-0.4, -0.2) is 40.4 Å². The molecule has 6 nitrogen and oxygen atoms in total. The van der Waals surface area contributed by atoms with Gasteiger partial charge < -0.3 is 10.4 Å². The first-order valence-corrected chi connectivity index (χ1v) is 3.61. The van der Waals surface area contributed by atoms with Gasteiger partial charge in [-0.15, -0.1) is 0 Å². The monoisotopic (exact) mass is 204 g/mol. The van der Waals surface area contributed by atoms with Crippen molar-refractivity contribution in [3.8, 4) is 0 Å². The molecule has 0 saturated heterocycles. The Morgan fingerprint density at radius 1 is 1.31 bits per heavy atom. The molecule has 0 aliphatic rings. The van der Waals surface area contributed by atoms with E-state index in [2.05, 4.69) is 20.3 Å². The summed E-state index contributed by atoms with van der Waals surface area (Å²) in [6, 6.07) is 0. The highest BCUT2D eigenvalue weighted by molar-refractivity contribution is 6.83. The first kappa shape index (κ1) is 11.6. The molecule has 0 heterocycles. The highest BCUT2D eigenvalue weighted by atomic mass is 35.5. The van der Waals surface area contributed by atoms with Gasteiger partial charge in [0.15, 0.2) is 5.84 Å². The zero-order chi connectivity index (χ0) is 10.3. The maximum absolute atomic E-state index is 8.28. The van der Waals surface area contributed by atoms with E-state index >= 15 is 0 Å². The molecule has 0 aromatic carbocycles. The van der Waals surface area contributed by atoms with Crippen molar-refractivity contribution >= 4 is 34.5 Å². The number of halogens is 1. The molecule has 0 amide bonds. The first-order valence-electron chi connectivity index (χ1n) is 3.23. The van der Waals surface area contributed by atoms with E-state index in [4.69, 9.17) is 22.0 Å². The lowest BCUT2D eigenvalue weighted by molar-refractivity contribution is 0.320. The molecule has 0 bridgehead atoms. The maximum atomic E-state index is 8.28. The molecule has 2 N–H and O–H groups in total. The summed E-state index contributed by atoms with van der Waals surface area (Å²) in [6.45, 7) is 1.53. The van der Waals surface area contributed by atoms with Gasteiger partial charge in [0.1, 0.15) is 0 Å². The number of hydrogen-bond acceptors (Lipinski definition) is 5. The molecule has 0 aliphatic carbocycles. The lowest BCUT2D eigenvalue weighted by Crippen LogP contribution is -2.06. The largest absolute Gasteiger partial charge is 0.411 e. The second kappa shape index (κ2) is 6.13. The van der Waals surface area contributed by atoms with Crippen LogP contribution in [0.4, 0.5) is 0 Å². The first-order chi connectivity index (χ1) is 6.15. The average Bonchev–Trinajstić information content (AvgIpc) is 2.17. The Morgan fingerprint density at radius 3 is 2.31 bits per heavy atom. The third-order valence-corrected chi connectivity index (χ3v) is 1.26. The Hall–Kier alpha value is -1.43. The molecule has 0 spiro atoms. The molecule has 0 saturated carbocycles. The van der Waals surface area contributed by atoms with Gasteiger partial charge in [0.05, 0.1) is 11.9 Å². The second-order valence-electron chi connectivity index (χ2n) is 1.94. The summed E-state index contributed by atoms with van der Waals surface area (Å²) in [5.74, 6) is 0.0483. The molecule has 0 aromatic rings. The molecule has 0 fully saturated rings. The fourth-order valence-electron chi connectivity index (χ4n) is 0.428. The van der Waals surface area contributed by atoms with E-state index in [0.29, 0.717) is 0 Å². The summed E-state index contributed by atoms with van der Waals surface area (Å²) in [6.07, 6.45) is 1.23. The van der Waals surface area contributed by atoms with Crippen LogP contribution in [0.3, 0.4) is 0 Å². The molecule has 0 aliphatic heterocycles. The number of amidine groups is 1. The number of rotatable bonds is 2. The second-order valence-corrected chi connectivity index (χ2v) is 2.30. The molecule has 13 heavy (non-hydrogen) atoms. The van der Waals surface area contributed by atoms with Crippen molar-refractivity contribution in [2.75, 3.05) is 7.05 Å². The van der Waals surface area contributed by atoms with Crippen LogP contribution in [0, 0.1) is 0 Å².